The van der Waals surface area contributed by atoms with Crippen molar-refractivity contribution in [1.29, 1.82) is 0 Å². The third-order valence-electron chi connectivity index (χ3n) is 8.90. The molecule has 0 bridgehead atoms. The van der Waals surface area contributed by atoms with Gasteiger partial charge in [-0.1, -0.05) is 13.8 Å². The summed E-state index contributed by atoms with van der Waals surface area (Å²) in [7, 11) is 0. The monoisotopic (exact) mass is 346 g/mol. The summed E-state index contributed by atoms with van der Waals surface area (Å²) in [6, 6.07) is 0. The summed E-state index contributed by atoms with van der Waals surface area (Å²) >= 11 is 0. The second-order valence-corrected chi connectivity index (χ2v) is 9.93. The first-order valence-corrected chi connectivity index (χ1v) is 10.5. The fourth-order valence-corrected chi connectivity index (χ4v) is 7.53. The number of hydrogen-bond donors (Lipinski definition) is 0. The molecule has 25 heavy (non-hydrogen) atoms. The van der Waals surface area contributed by atoms with Gasteiger partial charge in [0.2, 0.25) is 0 Å². The maximum atomic E-state index is 12.7. The molecule has 0 radical (unpaired) electrons. The van der Waals surface area contributed by atoms with E-state index in [-0.39, 0.29) is 17.5 Å². The van der Waals surface area contributed by atoms with E-state index >= 15 is 0 Å². The van der Waals surface area contributed by atoms with Gasteiger partial charge in [-0.15, -0.1) is 0 Å². The van der Waals surface area contributed by atoms with Crippen LogP contribution in [0.25, 0.3) is 0 Å². The van der Waals surface area contributed by atoms with Crippen molar-refractivity contribution in [3.8, 4) is 0 Å². The predicted molar refractivity (Wildman–Crippen MR) is 96.9 cm³/mol. The standard InChI is InChI=1S/C22H34O3/c1-14(23)25-16-9-11-21(2)15(13-16)7-8-17-18-5-4-6-20(24)22(18,3)12-10-19(17)21/h15-19H,4-13H2,1-3H3/t15-,16-,17-,18-,19-,21-,22-/m0/s1. The fraction of sp³-hybridized carbons (Fsp3) is 0.909. The number of carbonyl (C=O) groups excluding carboxylic acids is 2. The van der Waals surface area contributed by atoms with Gasteiger partial charge in [0.1, 0.15) is 11.9 Å². The van der Waals surface area contributed by atoms with Crippen LogP contribution < -0.4 is 0 Å². The molecular formula is C22H34O3. The van der Waals surface area contributed by atoms with Gasteiger partial charge in [-0.05, 0) is 86.9 Å². The normalized spacial score (nSPS) is 49.6. The molecule has 0 aromatic rings. The average molecular weight is 347 g/mol. The van der Waals surface area contributed by atoms with Crippen LogP contribution in [0.2, 0.25) is 0 Å². The number of ether oxygens (including phenoxy) is 1. The smallest absolute Gasteiger partial charge is 0.302 e. The molecule has 4 aliphatic carbocycles. The zero-order valence-corrected chi connectivity index (χ0v) is 16.2. The molecule has 0 unspecified atom stereocenters. The Morgan fingerprint density at radius 1 is 1.04 bits per heavy atom. The summed E-state index contributed by atoms with van der Waals surface area (Å²) in [6.45, 7) is 6.33. The first kappa shape index (κ1) is 17.5. The van der Waals surface area contributed by atoms with Gasteiger partial charge in [0.25, 0.3) is 0 Å². The largest absolute Gasteiger partial charge is 0.463 e. The SMILES string of the molecule is CC(=O)O[C@H]1CC[C@@]2(C)[C@@H](CC[C@@H]3[C@@H]2CC[C@]2(C)C(=O)CCC[C@@H]32)C1. The summed E-state index contributed by atoms with van der Waals surface area (Å²) in [5, 5.41) is 0. The second-order valence-electron chi connectivity index (χ2n) is 9.93. The number of carbonyl (C=O) groups is 2. The molecule has 4 fully saturated rings. The number of fused-ring (bicyclic) bond motifs is 5. The topological polar surface area (TPSA) is 43.4 Å². The highest BCUT2D eigenvalue weighted by Crippen LogP contribution is 2.64. The minimum atomic E-state index is -0.128. The molecule has 0 aromatic carbocycles. The maximum Gasteiger partial charge on any atom is 0.302 e. The minimum absolute atomic E-state index is 0.0302. The van der Waals surface area contributed by atoms with Crippen molar-refractivity contribution in [2.24, 2.45) is 34.5 Å². The number of esters is 1. The van der Waals surface area contributed by atoms with Crippen molar-refractivity contribution >= 4 is 11.8 Å². The summed E-state index contributed by atoms with van der Waals surface area (Å²) in [4.78, 5) is 24.0. The molecule has 0 amide bonds. The molecule has 0 N–H and O–H groups in total. The van der Waals surface area contributed by atoms with Crippen molar-refractivity contribution < 1.29 is 14.3 Å². The Hall–Kier alpha value is -0.860. The van der Waals surface area contributed by atoms with Gasteiger partial charge in [-0.2, -0.15) is 0 Å². The number of hydrogen-bond acceptors (Lipinski definition) is 3. The van der Waals surface area contributed by atoms with Crippen molar-refractivity contribution in [2.75, 3.05) is 0 Å². The molecule has 0 spiro atoms. The van der Waals surface area contributed by atoms with E-state index in [9.17, 15) is 9.59 Å². The highest BCUT2D eigenvalue weighted by molar-refractivity contribution is 5.85. The van der Waals surface area contributed by atoms with Gasteiger partial charge in [0, 0.05) is 18.8 Å². The number of Topliss-reactive ketones (excluding diaryl/α,β-unsaturated/α-hetero) is 1. The van der Waals surface area contributed by atoms with Crippen molar-refractivity contribution in [3.05, 3.63) is 0 Å². The zero-order valence-electron chi connectivity index (χ0n) is 16.2. The lowest BCUT2D eigenvalue weighted by molar-refractivity contribution is -0.166. The molecule has 3 heteroatoms. The van der Waals surface area contributed by atoms with E-state index in [4.69, 9.17) is 4.74 Å². The summed E-state index contributed by atoms with van der Waals surface area (Å²) in [5.74, 6) is 3.25. The van der Waals surface area contributed by atoms with Gasteiger partial charge in [0.15, 0.2) is 0 Å². The van der Waals surface area contributed by atoms with Crippen LogP contribution in [0.15, 0.2) is 0 Å². The molecule has 0 aliphatic heterocycles. The molecule has 0 aromatic heterocycles. The van der Waals surface area contributed by atoms with Crippen LogP contribution in [-0.4, -0.2) is 17.9 Å². The van der Waals surface area contributed by atoms with Crippen LogP contribution in [0.3, 0.4) is 0 Å². The summed E-state index contributed by atoms with van der Waals surface area (Å²) < 4.78 is 5.55. The minimum Gasteiger partial charge on any atom is -0.463 e. The third-order valence-corrected chi connectivity index (χ3v) is 8.90. The van der Waals surface area contributed by atoms with E-state index in [1.807, 2.05) is 0 Å². The van der Waals surface area contributed by atoms with E-state index in [2.05, 4.69) is 13.8 Å². The lowest BCUT2D eigenvalue weighted by Crippen LogP contribution is -2.56. The van der Waals surface area contributed by atoms with Crippen LogP contribution in [0, 0.1) is 34.5 Å². The highest BCUT2D eigenvalue weighted by Gasteiger charge is 2.59. The molecule has 0 heterocycles. The quantitative estimate of drug-likeness (QED) is 0.633. The third kappa shape index (κ3) is 2.68. The molecule has 0 saturated heterocycles. The Morgan fingerprint density at radius 3 is 2.60 bits per heavy atom. The van der Waals surface area contributed by atoms with E-state index in [1.165, 1.54) is 39.0 Å². The van der Waals surface area contributed by atoms with Crippen molar-refractivity contribution in [1.82, 2.24) is 0 Å². The Balaban J connectivity index is 1.55. The molecular weight excluding hydrogens is 312 g/mol. The molecule has 4 saturated carbocycles. The highest BCUT2D eigenvalue weighted by atomic mass is 16.5. The van der Waals surface area contributed by atoms with E-state index in [1.54, 1.807) is 0 Å². The van der Waals surface area contributed by atoms with Crippen LogP contribution in [0.4, 0.5) is 0 Å². The van der Waals surface area contributed by atoms with Gasteiger partial charge >= 0.3 is 5.97 Å². The van der Waals surface area contributed by atoms with Crippen LogP contribution in [0.1, 0.15) is 85.0 Å². The summed E-state index contributed by atoms with van der Waals surface area (Å²) in [6.07, 6.45) is 11.5. The van der Waals surface area contributed by atoms with Gasteiger partial charge in [0.05, 0.1) is 0 Å². The predicted octanol–water partition coefficient (Wildman–Crippen LogP) is 4.92. The second kappa shape index (κ2) is 6.09. The maximum absolute atomic E-state index is 12.7. The molecule has 140 valence electrons. The van der Waals surface area contributed by atoms with Gasteiger partial charge < -0.3 is 4.74 Å². The Labute approximate surface area is 152 Å². The first-order chi connectivity index (χ1) is 11.8. The lowest BCUT2D eigenvalue weighted by Gasteiger charge is -2.62. The first-order valence-electron chi connectivity index (χ1n) is 10.5. The molecule has 4 rings (SSSR count). The van der Waals surface area contributed by atoms with Crippen LogP contribution >= 0.6 is 0 Å². The molecule has 3 nitrogen and oxygen atoms in total. The Bertz CT molecular complexity index is 570. The Morgan fingerprint density at radius 2 is 1.84 bits per heavy atom. The van der Waals surface area contributed by atoms with E-state index < -0.39 is 0 Å². The van der Waals surface area contributed by atoms with Gasteiger partial charge in [-0.25, -0.2) is 0 Å². The lowest BCUT2D eigenvalue weighted by atomic mass is 9.43. The van der Waals surface area contributed by atoms with Crippen molar-refractivity contribution in [3.63, 3.8) is 0 Å². The number of ketones is 1. The molecule has 7 atom stereocenters. The zero-order chi connectivity index (χ0) is 17.8. The van der Waals surface area contributed by atoms with Crippen LogP contribution in [-0.2, 0) is 14.3 Å². The molecule has 4 aliphatic rings. The Kier molecular flexibility index (Phi) is 4.28. The van der Waals surface area contributed by atoms with E-state index in [0.717, 1.165) is 43.9 Å². The van der Waals surface area contributed by atoms with Crippen molar-refractivity contribution in [2.45, 2.75) is 91.1 Å². The average Bonchev–Trinajstić information content (AvgIpc) is 2.56. The van der Waals surface area contributed by atoms with Gasteiger partial charge in [-0.3, -0.25) is 9.59 Å². The fourth-order valence-electron chi connectivity index (χ4n) is 7.53. The summed E-state index contributed by atoms with van der Waals surface area (Å²) in [5.41, 5.74) is 0.360. The van der Waals surface area contributed by atoms with Crippen LogP contribution in [0.5, 0.6) is 0 Å². The number of rotatable bonds is 1. The van der Waals surface area contributed by atoms with E-state index in [0.29, 0.717) is 23.0 Å².